The molecule has 2 heterocycles. The first-order valence-electron chi connectivity index (χ1n) is 5.86. The summed E-state index contributed by atoms with van der Waals surface area (Å²) in [7, 11) is 0. The number of carbonyl (C=O) groups is 1. The van der Waals surface area contributed by atoms with Crippen LogP contribution in [0.5, 0.6) is 0 Å². The lowest BCUT2D eigenvalue weighted by Gasteiger charge is -2.11. The molecule has 0 aliphatic rings. The zero-order valence-corrected chi connectivity index (χ0v) is 10.5. The molecule has 1 N–H and O–H groups in total. The molecule has 100 valence electrons. The van der Waals surface area contributed by atoms with Crippen LogP contribution in [0.2, 0.25) is 0 Å². The van der Waals surface area contributed by atoms with Crippen molar-refractivity contribution in [2.45, 2.75) is 26.4 Å². The number of aromatic carboxylic acids is 1. The lowest BCUT2D eigenvalue weighted by Crippen LogP contribution is -2.19. The maximum Gasteiger partial charge on any atom is 0.341 e. The molecule has 0 aromatic carbocycles. The second-order valence-electron chi connectivity index (χ2n) is 4.21. The van der Waals surface area contributed by atoms with Gasteiger partial charge in [0.2, 0.25) is 0 Å². The molecule has 7 nitrogen and oxygen atoms in total. The molecule has 19 heavy (non-hydrogen) atoms. The van der Waals surface area contributed by atoms with Gasteiger partial charge in [0.1, 0.15) is 5.56 Å². The molecule has 0 bridgehead atoms. The molecule has 0 aliphatic heterocycles. The molecular formula is C12H14N4O3. The molecule has 7 heteroatoms. The van der Waals surface area contributed by atoms with Crippen molar-refractivity contribution in [2.24, 2.45) is 0 Å². The molecule has 0 radical (unpaired) electrons. The van der Waals surface area contributed by atoms with Gasteiger partial charge in [-0.15, -0.1) is 5.10 Å². The molecule has 2 aromatic heterocycles. The first-order chi connectivity index (χ1) is 9.08. The van der Waals surface area contributed by atoms with Crippen LogP contribution in [0.25, 0.3) is 0 Å². The summed E-state index contributed by atoms with van der Waals surface area (Å²) in [5, 5.41) is 16.5. The van der Waals surface area contributed by atoms with E-state index in [0.717, 1.165) is 12.1 Å². The van der Waals surface area contributed by atoms with Gasteiger partial charge < -0.3 is 9.67 Å². The molecule has 0 saturated heterocycles. The molecule has 0 saturated carbocycles. The Hall–Kier alpha value is -2.44. The van der Waals surface area contributed by atoms with Crippen LogP contribution in [0.1, 0.15) is 22.5 Å². The summed E-state index contributed by atoms with van der Waals surface area (Å²) in [6, 6.07) is 1.35. The minimum Gasteiger partial charge on any atom is -0.477 e. The lowest BCUT2D eigenvalue weighted by atomic mass is 10.2. The maximum absolute atomic E-state index is 11.5. The monoisotopic (exact) mass is 262 g/mol. The number of hydrogen-bond donors (Lipinski definition) is 1. The average molecular weight is 262 g/mol. The summed E-state index contributed by atoms with van der Waals surface area (Å²) in [4.78, 5) is 22.4. The van der Waals surface area contributed by atoms with Crippen molar-refractivity contribution in [3.63, 3.8) is 0 Å². The van der Waals surface area contributed by atoms with Crippen LogP contribution in [0.15, 0.2) is 29.5 Å². The Bertz CT molecular complexity index is 631. The average Bonchev–Trinajstić information content (AvgIpc) is 2.84. The molecule has 0 unspecified atom stereocenters. The van der Waals surface area contributed by atoms with E-state index in [1.165, 1.54) is 12.3 Å². The van der Waals surface area contributed by atoms with Crippen molar-refractivity contribution in [2.75, 3.05) is 0 Å². The summed E-state index contributed by atoms with van der Waals surface area (Å²) in [5.74, 6) is -1.20. The lowest BCUT2D eigenvalue weighted by molar-refractivity contribution is 0.0694. The van der Waals surface area contributed by atoms with E-state index >= 15 is 0 Å². The molecule has 2 rings (SSSR count). The van der Waals surface area contributed by atoms with Gasteiger partial charge in [0.05, 0.1) is 6.20 Å². The van der Waals surface area contributed by atoms with Crippen molar-refractivity contribution in [3.05, 3.63) is 46.1 Å². The van der Waals surface area contributed by atoms with E-state index in [1.54, 1.807) is 28.6 Å². The van der Waals surface area contributed by atoms with Crippen LogP contribution in [0, 0.1) is 6.92 Å². The van der Waals surface area contributed by atoms with Crippen LogP contribution >= 0.6 is 0 Å². The van der Waals surface area contributed by atoms with E-state index in [0.29, 0.717) is 13.1 Å². The van der Waals surface area contributed by atoms with Gasteiger partial charge in [0.25, 0.3) is 0 Å². The first-order valence-corrected chi connectivity index (χ1v) is 5.86. The van der Waals surface area contributed by atoms with E-state index in [2.05, 4.69) is 10.3 Å². The summed E-state index contributed by atoms with van der Waals surface area (Å²) in [5.41, 5.74) is 0.0810. The minimum atomic E-state index is -1.20. The molecular weight excluding hydrogens is 248 g/mol. The van der Waals surface area contributed by atoms with Gasteiger partial charge in [-0.3, -0.25) is 9.48 Å². The Labute approximate surface area is 109 Å². The molecule has 0 amide bonds. The predicted molar refractivity (Wildman–Crippen MR) is 67.0 cm³/mol. The van der Waals surface area contributed by atoms with E-state index in [9.17, 15) is 9.59 Å². The summed E-state index contributed by atoms with van der Waals surface area (Å²) >= 11 is 0. The summed E-state index contributed by atoms with van der Waals surface area (Å²) < 4.78 is 3.47. The number of aromatic nitrogens is 4. The van der Waals surface area contributed by atoms with Crippen LogP contribution in [-0.4, -0.2) is 30.6 Å². The topological polar surface area (TPSA) is 90.0 Å². The van der Waals surface area contributed by atoms with E-state index in [4.69, 9.17) is 5.11 Å². The molecule has 0 aliphatic carbocycles. The fourth-order valence-electron chi connectivity index (χ4n) is 1.83. The summed E-state index contributed by atoms with van der Waals surface area (Å²) in [6.45, 7) is 3.09. The Kier molecular flexibility index (Phi) is 3.74. The van der Waals surface area contributed by atoms with Crippen molar-refractivity contribution in [1.82, 2.24) is 19.6 Å². The molecule has 0 spiro atoms. The number of hydrogen-bond acceptors (Lipinski definition) is 4. The number of nitrogens with zero attached hydrogens (tertiary/aromatic N) is 4. The van der Waals surface area contributed by atoms with Crippen LogP contribution in [0.3, 0.4) is 0 Å². The second kappa shape index (κ2) is 5.47. The predicted octanol–water partition coefficient (Wildman–Crippen LogP) is 0.537. The van der Waals surface area contributed by atoms with E-state index in [-0.39, 0.29) is 5.56 Å². The SMILES string of the molecule is Cc1cc(=O)c(C(=O)O)cn1CCCn1ccnn1. The zero-order chi connectivity index (χ0) is 13.8. The van der Waals surface area contributed by atoms with E-state index in [1.807, 2.05) is 0 Å². The minimum absolute atomic E-state index is 0.202. The highest BCUT2D eigenvalue weighted by Gasteiger charge is 2.10. The fraction of sp³-hybridized carbons (Fsp3) is 0.333. The van der Waals surface area contributed by atoms with Gasteiger partial charge in [0, 0.05) is 37.2 Å². The van der Waals surface area contributed by atoms with Crippen molar-refractivity contribution in [1.29, 1.82) is 0 Å². The first kappa shape index (κ1) is 13.0. The highest BCUT2D eigenvalue weighted by atomic mass is 16.4. The molecule has 0 atom stereocenters. The van der Waals surface area contributed by atoms with Gasteiger partial charge in [0.15, 0.2) is 5.43 Å². The van der Waals surface area contributed by atoms with Gasteiger partial charge in [-0.2, -0.15) is 0 Å². The Morgan fingerprint density at radius 1 is 1.42 bits per heavy atom. The Morgan fingerprint density at radius 2 is 2.21 bits per heavy atom. The van der Waals surface area contributed by atoms with E-state index < -0.39 is 11.4 Å². The number of carboxylic acids is 1. The van der Waals surface area contributed by atoms with Crippen molar-refractivity contribution < 1.29 is 9.90 Å². The van der Waals surface area contributed by atoms with Crippen molar-refractivity contribution >= 4 is 5.97 Å². The van der Waals surface area contributed by atoms with Crippen LogP contribution in [-0.2, 0) is 13.1 Å². The van der Waals surface area contributed by atoms with Gasteiger partial charge >= 0.3 is 5.97 Å². The Morgan fingerprint density at radius 3 is 2.84 bits per heavy atom. The standard InChI is InChI=1S/C12H14N4O3/c1-9-7-11(17)10(12(18)19)8-15(9)4-2-5-16-6-3-13-14-16/h3,6-8H,2,4-5H2,1H3,(H,18,19). The Balaban J connectivity index is 2.09. The largest absolute Gasteiger partial charge is 0.477 e. The zero-order valence-electron chi connectivity index (χ0n) is 10.5. The highest BCUT2D eigenvalue weighted by molar-refractivity contribution is 5.87. The fourth-order valence-corrected chi connectivity index (χ4v) is 1.83. The van der Waals surface area contributed by atoms with Gasteiger partial charge in [-0.05, 0) is 13.3 Å². The highest BCUT2D eigenvalue weighted by Crippen LogP contribution is 2.02. The third-order valence-electron chi connectivity index (χ3n) is 2.83. The van der Waals surface area contributed by atoms with Gasteiger partial charge in [-0.1, -0.05) is 5.21 Å². The van der Waals surface area contributed by atoms with Gasteiger partial charge in [-0.25, -0.2) is 4.79 Å². The maximum atomic E-state index is 11.5. The number of aryl methyl sites for hydroxylation is 3. The third kappa shape index (κ3) is 3.06. The summed E-state index contributed by atoms with van der Waals surface area (Å²) in [6.07, 6.45) is 5.53. The second-order valence-corrected chi connectivity index (χ2v) is 4.21. The number of rotatable bonds is 5. The number of carboxylic acid groups (broad SMARTS) is 1. The van der Waals surface area contributed by atoms with Crippen LogP contribution < -0.4 is 5.43 Å². The molecule has 2 aromatic rings. The van der Waals surface area contributed by atoms with Crippen LogP contribution in [0.4, 0.5) is 0 Å². The normalized spacial score (nSPS) is 10.6. The smallest absolute Gasteiger partial charge is 0.341 e. The quantitative estimate of drug-likeness (QED) is 0.849. The van der Waals surface area contributed by atoms with Crippen molar-refractivity contribution in [3.8, 4) is 0 Å². The molecule has 0 fully saturated rings. The third-order valence-corrected chi connectivity index (χ3v) is 2.83. The number of pyridine rings is 1.